The Morgan fingerprint density at radius 2 is 1.65 bits per heavy atom. The number of hydrogen-bond donors (Lipinski definition) is 2. The SMILES string of the molecule is O=C1Nc2ccccc2/C1=C\c1nc2ccccc2c(=O)n1-c1ccc(C(=O)O)cc1. The maximum absolute atomic E-state index is 13.3. The highest BCUT2D eigenvalue weighted by Crippen LogP contribution is 2.32. The fourth-order valence-electron chi connectivity index (χ4n) is 3.66. The molecule has 2 N–H and O–H groups in total. The average molecular weight is 409 g/mol. The van der Waals surface area contributed by atoms with E-state index in [1.165, 1.54) is 16.7 Å². The highest BCUT2D eigenvalue weighted by atomic mass is 16.4. The number of para-hydroxylation sites is 2. The molecule has 0 spiro atoms. The lowest BCUT2D eigenvalue weighted by atomic mass is 10.1. The van der Waals surface area contributed by atoms with Crippen LogP contribution in [-0.2, 0) is 4.79 Å². The highest BCUT2D eigenvalue weighted by Gasteiger charge is 2.24. The van der Waals surface area contributed by atoms with Gasteiger partial charge in [0.05, 0.1) is 27.7 Å². The van der Waals surface area contributed by atoms with Crippen LogP contribution in [0.2, 0.25) is 0 Å². The summed E-state index contributed by atoms with van der Waals surface area (Å²) in [7, 11) is 0. The van der Waals surface area contributed by atoms with E-state index in [4.69, 9.17) is 0 Å². The Bertz CT molecular complexity index is 1470. The molecule has 3 aromatic carbocycles. The minimum atomic E-state index is -1.06. The lowest BCUT2D eigenvalue weighted by molar-refractivity contribution is -0.110. The molecule has 1 aromatic heterocycles. The number of nitrogens with one attached hydrogen (secondary N) is 1. The van der Waals surface area contributed by atoms with Crippen molar-refractivity contribution in [3.05, 3.63) is 100 Å². The molecule has 0 aliphatic carbocycles. The first-order valence-electron chi connectivity index (χ1n) is 9.51. The van der Waals surface area contributed by atoms with Gasteiger partial charge >= 0.3 is 5.97 Å². The van der Waals surface area contributed by atoms with Crippen LogP contribution in [-0.4, -0.2) is 26.5 Å². The molecule has 4 aromatic rings. The number of aromatic nitrogens is 2. The smallest absolute Gasteiger partial charge is 0.335 e. The zero-order valence-corrected chi connectivity index (χ0v) is 16.1. The van der Waals surface area contributed by atoms with Crippen LogP contribution in [0.15, 0.2) is 77.6 Å². The number of nitrogens with zero attached hydrogens (tertiary/aromatic N) is 2. The number of amides is 1. The highest BCUT2D eigenvalue weighted by molar-refractivity contribution is 6.34. The van der Waals surface area contributed by atoms with Gasteiger partial charge in [-0.15, -0.1) is 0 Å². The first-order chi connectivity index (χ1) is 15.0. The van der Waals surface area contributed by atoms with Gasteiger partial charge in [0.1, 0.15) is 5.82 Å². The first-order valence-corrected chi connectivity index (χ1v) is 9.51. The molecular weight excluding hydrogens is 394 g/mol. The van der Waals surface area contributed by atoms with Crippen LogP contribution < -0.4 is 10.9 Å². The topological polar surface area (TPSA) is 101 Å². The van der Waals surface area contributed by atoms with Crippen LogP contribution in [0.1, 0.15) is 21.7 Å². The zero-order valence-electron chi connectivity index (χ0n) is 16.1. The van der Waals surface area contributed by atoms with Gasteiger partial charge in [0, 0.05) is 11.3 Å². The number of rotatable bonds is 3. The molecule has 5 rings (SSSR count). The summed E-state index contributed by atoms with van der Waals surface area (Å²) in [6.07, 6.45) is 1.58. The Morgan fingerprint density at radius 3 is 2.42 bits per heavy atom. The quantitative estimate of drug-likeness (QED) is 0.504. The minimum Gasteiger partial charge on any atom is -0.478 e. The second kappa shape index (κ2) is 7.07. The summed E-state index contributed by atoms with van der Waals surface area (Å²) in [6, 6.07) is 20.2. The van der Waals surface area contributed by atoms with Gasteiger partial charge in [-0.25, -0.2) is 9.78 Å². The molecule has 1 aliphatic rings. The van der Waals surface area contributed by atoms with E-state index in [1.807, 2.05) is 18.2 Å². The molecule has 0 saturated carbocycles. The Labute approximate surface area is 175 Å². The molecule has 31 heavy (non-hydrogen) atoms. The third-order valence-corrected chi connectivity index (χ3v) is 5.16. The lowest BCUT2D eigenvalue weighted by Gasteiger charge is -2.12. The molecule has 1 amide bonds. The van der Waals surface area contributed by atoms with Crippen LogP contribution in [0, 0.1) is 0 Å². The number of hydrogen-bond acceptors (Lipinski definition) is 4. The Balaban J connectivity index is 1.78. The Kier molecular flexibility index (Phi) is 4.22. The normalized spacial score (nSPS) is 13.9. The third kappa shape index (κ3) is 3.08. The van der Waals surface area contributed by atoms with Crippen molar-refractivity contribution in [1.29, 1.82) is 0 Å². The molecule has 0 atom stereocenters. The second-order valence-electron chi connectivity index (χ2n) is 7.04. The molecule has 0 fully saturated rings. The number of carbonyl (C=O) groups excluding carboxylic acids is 1. The van der Waals surface area contributed by atoms with E-state index in [-0.39, 0.29) is 22.9 Å². The van der Waals surface area contributed by atoms with Gasteiger partial charge in [-0.1, -0.05) is 30.3 Å². The van der Waals surface area contributed by atoms with Gasteiger partial charge in [0.2, 0.25) is 0 Å². The number of anilines is 1. The van der Waals surface area contributed by atoms with Crippen molar-refractivity contribution in [2.75, 3.05) is 5.32 Å². The van der Waals surface area contributed by atoms with Crippen LogP contribution in [0.5, 0.6) is 0 Å². The summed E-state index contributed by atoms with van der Waals surface area (Å²) in [4.78, 5) is 41.8. The van der Waals surface area contributed by atoms with Gasteiger partial charge in [0.15, 0.2) is 0 Å². The molecular formula is C24H15N3O4. The molecule has 7 nitrogen and oxygen atoms in total. The summed E-state index contributed by atoms with van der Waals surface area (Å²) in [5.74, 6) is -1.07. The number of aromatic carboxylic acids is 1. The minimum absolute atomic E-state index is 0.106. The Morgan fingerprint density at radius 1 is 0.935 bits per heavy atom. The van der Waals surface area contributed by atoms with Gasteiger partial charge in [-0.3, -0.25) is 14.2 Å². The standard InChI is InChI=1S/C24H15N3O4/c28-22-18(16-5-1-3-7-19(16)26-22)13-21-25-20-8-4-2-6-17(20)23(29)27(21)15-11-9-14(10-12-15)24(30)31/h1-13H,(H,26,28)(H,30,31)/b18-13+. The van der Waals surface area contributed by atoms with E-state index < -0.39 is 5.97 Å². The molecule has 0 saturated heterocycles. The summed E-state index contributed by atoms with van der Waals surface area (Å²) in [6.45, 7) is 0. The summed E-state index contributed by atoms with van der Waals surface area (Å²) in [5, 5.41) is 12.4. The molecule has 7 heteroatoms. The number of fused-ring (bicyclic) bond motifs is 2. The lowest BCUT2D eigenvalue weighted by Crippen LogP contribution is -2.22. The van der Waals surface area contributed by atoms with E-state index >= 15 is 0 Å². The summed E-state index contributed by atoms with van der Waals surface area (Å²) in [5.41, 5.74) is 2.56. The largest absolute Gasteiger partial charge is 0.478 e. The van der Waals surface area contributed by atoms with E-state index in [1.54, 1.807) is 48.5 Å². The predicted octanol–water partition coefficient (Wildman–Crippen LogP) is 3.58. The van der Waals surface area contributed by atoms with Crippen molar-refractivity contribution in [2.24, 2.45) is 0 Å². The zero-order chi connectivity index (χ0) is 21.5. The molecule has 2 heterocycles. The van der Waals surface area contributed by atoms with Gasteiger partial charge in [0.25, 0.3) is 11.5 Å². The van der Waals surface area contributed by atoms with Crippen molar-refractivity contribution in [3.8, 4) is 5.69 Å². The van der Waals surface area contributed by atoms with Crippen molar-refractivity contribution in [1.82, 2.24) is 9.55 Å². The maximum atomic E-state index is 13.3. The Hall–Kier alpha value is -4.52. The molecule has 0 unspecified atom stereocenters. The van der Waals surface area contributed by atoms with Crippen molar-refractivity contribution < 1.29 is 14.7 Å². The molecule has 1 aliphatic heterocycles. The third-order valence-electron chi connectivity index (χ3n) is 5.16. The van der Waals surface area contributed by atoms with E-state index in [0.29, 0.717) is 27.9 Å². The van der Waals surface area contributed by atoms with E-state index in [2.05, 4.69) is 10.3 Å². The fraction of sp³-hybridized carbons (Fsp3) is 0. The van der Waals surface area contributed by atoms with Crippen molar-refractivity contribution in [2.45, 2.75) is 0 Å². The number of carboxylic acid groups (broad SMARTS) is 1. The summed E-state index contributed by atoms with van der Waals surface area (Å²) < 4.78 is 1.38. The fourth-order valence-corrected chi connectivity index (χ4v) is 3.66. The van der Waals surface area contributed by atoms with Crippen LogP contribution in [0.25, 0.3) is 28.2 Å². The molecule has 150 valence electrons. The van der Waals surface area contributed by atoms with E-state index in [9.17, 15) is 19.5 Å². The van der Waals surface area contributed by atoms with Crippen molar-refractivity contribution in [3.63, 3.8) is 0 Å². The van der Waals surface area contributed by atoms with Crippen LogP contribution >= 0.6 is 0 Å². The monoisotopic (exact) mass is 409 g/mol. The second-order valence-corrected chi connectivity index (χ2v) is 7.04. The number of carboxylic acids is 1. The average Bonchev–Trinajstić information content (AvgIpc) is 3.09. The van der Waals surface area contributed by atoms with Crippen LogP contribution in [0.3, 0.4) is 0 Å². The van der Waals surface area contributed by atoms with Gasteiger partial charge in [-0.05, 0) is 48.5 Å². The maximum Gasteiger partial charge on any atom is 0.335 e. The van der Waals surface area contributed by atoms with Gasteiger partial charge in [-0.2, -0.15) is 0 Å². The van der Waals surface area contributed by atoms with Gasteiger partial charge < -0.3 is 10.4 Å². The molecule has 0 bridgehead atoms. The number of carbonyl (C=O) groups is 2. The molecule has 0 radical (unpaired) electrons. The number of benzene rings is 3. The predicted molar refractivity (Wildman–Crippen MR) is 117 cm³/mol. The first kappa shape index (κ1) is 18.5. The summed E-state index contributed by atoms with van der Waals surface area (Å²) >= 11 is 0. The van der Waals surface area contributed by atoms with Crippen LogP contribution in [0.4, 0.5) is 5.69 Å². The van der Waals surface area contributed by atoms with Crippen molar-refractivity contribution >= 4 is 40.1 Å². The van der Waals surface area contributed by atoms with E-state index in [0.717, 1.165) is 5.56 Å².